The lowest BCUT2D eigenvalue weighted by Crippen LogP contribution is -2.23. The number of carbonyl (C=O) groups excluding carboxylic acids is 1. The minimum atomic E-state index is -0.321. The number of halogens is 4. The number of alkyl halides is 4. The van der Waals surface area contributed by atoms with Crippen molar-refractivity contribution in [1.29, 1.82) is 0 Å². The highest BCUT2D eigenvalue weighted by Crippen LogP contribution is 2.33. The van der Waals surface area contributed by atoms with Crippen molar-refractivity contribution in [3.8, 4) is 0 Å². The third-order valence-corrected chi connectivity index (χ3v) is 5.51. The highest BCUT2D eigenvalue weighted by molar-refractivity contribution is 9.25. The number of ketones is 1. The molecule has 0 radical (unpaired) electrons. The molecule has 0 unspecified atom stereocenters. The van der Waals surface area contributed by atoms with Gasteiger partial charge in [0.1, 0.15) is 3.74 Å². The topological polar surface area (TPSA) is 17.1 Å². The van der Waals surface area contributed by atoms with E-state index in [1.807, 2.05) is 30.3 Å². The summed E-state index contributed by atoms with van der Waals surface area (Å²) in [5.41, 5.74) is 1.08. The van der Waals surface area contributed by atoms with Crippen LogP contribution in [0.15, 0.2) is 30.3 Å². The maximum Gasteiger partial charge on any atom is 0.172 e. The zero-order chi connectivity index (χ0) is 11.4. The van der Waals surface area contributed by atoms with E-state index in [-0.39, 0.29) is 19.2 Å². The number of Topliss-reactive ketones (excluding diaryl/α,β-unsaturated/α-hetero) is 1. The molecule has 1 aromatic carbocycles. The van der Waals surface area contributed by atoms with Crippen molar-refractivity contribution in [2.45, 2.75) is 13.4 Å². The highest BCUT2D eigenvalue weighted by atomic mass is 79.9. The first-order chi connectivity index (χ1) is 7.04. The second-order valence-corrected chi connectivity index (χ2v) is 7.95. The van der Waals surface area contributed by atoms with Crippen molar-refractivity contribution in [2.75, 3.05) is 0 Å². The fourth-order valence-electron chi connectivity index (χ4n) is 1.07. The summed E-state index contributed by atoms with van der Waals surface area (Å²) in [4.78, 5) is 11.4. The molecule has 0 fully saturated rings. The molecule has 0 aliphatic heterocycles. The Balaban J connectivity index is 2.77. The molecule has 0 aliphatic rings. The molecule has 0 spiro atoms. The number of hydrogen-bond acceptors (Lipinski definition) is 1. The summed E-state index contributed by atoms with van der Waals surface area (Å²) >= 11 is 13.3. The van der Waals surface area contributed by atoms with Crippen LogP contribution in [0, 0.1) is 0 Å². The second-order valence-electron chi connectivity index (χ2n) is 2.92. The van der Waals surface area contributed by atoms with E-state index in [4.69, 9.17) is 0 Å². The Hall–Kier alpha value is 0.810. The summed E-state index contributed by atoms with van der Waals surface area (Å²) in [5.74, 6) is 0.0562. The van der Waals surface area contributed by atoms with Gasteiger partial charge in [-0.25, -0.2) is 0 Å². The molecule has 5 heteroatoms. The van der Waals surface area contributed by atoms with E-state index in [0.717, 1.165) is 5.56 Å². The van der Waals surface area contributed by atoms with Crippen LogP contribution in [0.3, 0.4) is 0 Å². The molecule has 0 heterocycles. The van der Waals surface area contributed by atoms with Gasteiger partial charge < -0.3 is 0 Å². The van der Waals surface area contributed by atoms with Gasteiger partial charge in [0, 0.05) is 0 Å². The van der Waals surface area contributed by atoms with Gasteiger partial charge in [0.05, 0.1) is 9.65 Å². The lowest BCUT2D eigenvalue weighted by atomic mass is 10.1. The average molecular weight is 464 g/mol. The van der Waals surface area contributed by atoms with Crippen LogP contribution in [0.25, 0.3) is 0 Å². The maximum absolute atomic E-state index is 11.7. The van der Waals surface area contributed by atoms with Crippen molar-refractivity contribution in [3.63, 3.8) is 0 Å². The third kappa shape index (κ3) is 3.95. The third-order valence-electron chi connectivity index (χ3n) is 1.86. The van der Waals surface area contributed by atoms with E-state index < -0.39 is 0 Å². The van der Waals surface area contributed by atoms with E-state index >= 15 is 0 Å². The van der Waals surface area contributed by atoms with Crippen LogP contribution < -0.4 is 0 Å². The van der Waals surface area contributed by atoms with Crippen LogP contribution in [0.5, 0.6) is 0 Å². The number of benzene rings is 1. The van der Waals surface area contributed by atoms with Crippen molar-refractivity contribution in [3.05, 3.63) is 35.9 Å². The summed E-state index contributed by atoms with van der Waals surface area (Å²) in [7, 11) is 0. The molecular formula is C10H8Br4O. The van der Waals surface area contributed by atoms with Gasteiger partial charge in [-0.05, 0) is 5.56 Å². The maximum atomic E-state index is 11.7. The van der Waals surface area contributed by atoms with Crippen molar-refractivity contribution >= 4 is 69.5 Å². The Kier molecular flexibility index (Phi) is 6.03. The van der Waals surface area contributed by atoms with Gasteiger partial charge in [0.25, 0.3) is 0 Å². The summed E-state index contributed by atoms with van der Waals surface area (Å²) in [6, 6.07) is 9.82. The van der Waals surface area contributed by atoms with Crippen LogP contribution in [0.4, 0.5) is 0 Å². The molecule has 2 atom stereocenters. The molecule has 0 aliphatic carbocycles. The predicted octanol–water partition coefficient (Wildman–Crippen LogP) is 4.57. The van der Waals surface area contributed by atoms with E-state index in [1.165, 1.54) is 0 Å². The standard InChI is InChI=1S/C10H8Br4O/c11-7(6-4-2-1-3-5-6)8(12)9(15)10(13)14/h1-5,7-8,10H/t7-,8-/m1/s1. The van der Waals surface area contributed by atoms with Crippen molar-refractivity contribution < 1.29 is 4.79 Å². The second kappa shape index (κ2) is 6.52. The van der Waals surface area contributed by atoms with Gasteiger partial charge in [-0.15, -0.1) is 0 Å². The normalized spacial score (nSPS) is 15.0. The lowest BCUT2D eigenvalue weighted by Gasteiger charge is -2.16. The summed E-state index contributed by atoms with van der Waals surface area (Å²) in [6.07, 6.45) is 0. The van der Waals surface area contributed by atoms with E-state index in [2.05, 4.69) is 63.7 Å². The molecule has 0 N–H and O–H groups in total. The Morgan fingerprint density at radius 3 is 2.00 bits per heavy atom. The van der Waals surface area contributed by atoms with Gasteiger partial charge in [-0.3, -0.25) is 4.79 Å². The number of rotatable bonds is 4. The van der Waals surface area contributed by atoms with Gasteiger partial charge in [0.15, 0.2) is 5.78 Å². The molecule has 0 saturated heterocycles. The van der Waals surface area contributed by atoms with Gasteiger partial charge >= 0.3 is 0 Å². The van der Waals surface area contributed by atoms with E-state index in [0.29, 0.717) is 0 Å². The zero-order valence-electron chi connectivity index (χ0n) is 7.54. The van der Waals surface area contributed by atoms with E-state index in [1.54, 1.807) is 0 Å². The van der Waals surface area contributed by atoms with Crippen LogP contribution >= 0.6 is 63.7 Å². The SMILES string of the molecule is O=C(C(Br)Br)[C@H](Br)[C@H](Br)c1ccccc1. The molecule has 0 amide bonds. The van der Waals surface area contributed by atoms with Crippen molar-refractivity contribution in [2.24, 2.45) is 0 Å². The molecule has 0 saturated carbocycles. The molecular weight excluding hydrogens is 456 g/mol. The minimum Gasteiger partial charge on any atom is -0.296 e. The lowest BCUT2D eigenvalue weighted by molar-refractivity contribution is -0.116. The number of carbonyl (C=O) groups is 1. The first-order valence-electron chi connectivity index (χ1n) is 4.19. The molecule has 15 heavy (non-hydrogen) atoms. The highest BCUT2D eigenvalue weighted by Gasteiger charge is 2.27. The Morgan fingerprint density at radius 1 is 1.00 bits per heavy atom. The molecule has 82 valence electrons. The molecule has 1 nitrogen and oxygen atoms in total. The minimum absolute atomic E-state index is 0.0243. The first-order valence-corrected chi connectivity index (χ1v) is 7.85. The Labute approximate surface area is 123 Å². The predicted molar refractivity (Wildman–Crippen MR) is 77.5 cm³/mol. The van der Waals surface area contributed by atoms with E-state index in [9.17, 15) is 4.79 Å². The summed E-state index contributed by atoms with van der Waals surface area (Å²) in [5, 5.41) is 0. The smallest absolute Gasteiger partial charge is 0.172 e. The molecule has 1 aromatic rings. The molecule has 0 bridgehead atoms. The van der Waals surface area contributed by atoms with Crippen LogP contribution in [-0.2, 0) is 4.79 Å². The van der Waals surface area contributed by atoms with Crippen LogP contribution in [0.1, 0.15) is 10.4 Å². The summed E-state index contributed by atoms with van der Waals surface area (Å²) < 4.78 is -0.321. The summed E-state index contributed by atoms with van der Waals surface area (Å²) in [6.45, 7) is 0. The van der Waals surface area contributed by atoms with Crippen LogP contribution in [0.2, 0.25) is 0 Å². The number of hydrogen-bond donors (Lipinski definition) is 0. The zero-order valence-corrected chi connectivity index (χ0v) is 13.9. The van der Waals surface area contributed by atoms with Gasteiger partial charge in [-0.1, -0.05) is 94.1 Å². The first kappa shape index (κ1) is 13.9. The molecule has 0 aromatic heterocycles. The quantitative estimate of drug-likeness (QED) is 0.598. The Bertz CT molecular complexity index is 325. The Morgan fingerprint density at radius 2 is 1.53 bits per heavy atom. The van der Waals surface area contributed by atoms with Gasteiger partial charge in [-0.2, -0.15) is 0 Å². The fourth-order valence-corrected chi connectivity index (χ4v) is 3.48. The fraction of sp³-hybridized carbons (Fsp3) is 0.300. The monoisotopic (exact) mass is 460 g/mol. The molecule has 1 rings (SSSR count). The van der Waals surface area contributed by atoms with Crippen LogP contribution in [-0.4, -0.2) is 14.3 Å². The average Bonchev–Trinajstić information content (AvgIpc) is 2.27. The largest absolute Gasteiger partial charge is 0.296 e. The van der Waals surface area contributed by atoms with Gasteiger partial charge in [0.2, 0.25) is 0 Å². The van der Waals surface area contributed by atoms with Crippen molar-refractivity contribution in [1.82, 2.24) is 0 Å².